The minimum atomic E-state index is -0.0976. The van der Waals surface area contributed by atoms with E-state index in [2.05, 4.69) is 30.0 Å². The van der Waals surface area contributed by atoms with Gasteiger partial charge in [-0.05, 0) is 38.3 Å². The van der Waals surface area contributed by atoms with Crippen molar-refractivity contribution in [2.45, 2.75) is 38.1 Å². The van der Waals surface area contributed by atoms with Crippen LogP contribution < -0.4 is 0 Å². The number of nitrogens with zero attached hydrogens (tertiary/aromatic N) is 1. The molecule has 0 aliphatic carbocycles. The van der Waals surface area contributed by atoms with E-state index in [0.717, 1.165) is 43.7 Å². The predicted molar refractivity (Wildman–Crippen MR) is 83.3 cm³/mol. The molecule has 3 nitrogen and oxygen atoms in total. The van der Waals surface area contributed by atoms with E-state index in [-0.39, 0.29) is 18.1 Å². The summed E-state index contributed by atoms with van der Waals surface area (Å²) in [6.45, 7) is 4.70. The van der Waals surface area contributed by atoms with Gasteiger partial charge in [-0.25, -0.2) is 0 Å². The molecule has 1 aromatic heterocycles. The van der Waals surface area contributed by atoms with E-state index in [4.69, 9.17) is 4.42 Å². The Kier molecular flexibility index (Phi) is 3.09. The van der Waals surface area contributed by atoms with Crippen LogP contribution in [0, 0.1) is 5.92 Å². The quantitative estimate of drug-likeness (QED) is 0.920. The number of benzene rings is 1. The molecule has 0 amide bonds. The molecule has 2 aliphatic rings. The average molecular weight is 285 g/mol. The van der Waals surface area contributed by atoms with Crippen molar-refractivity contribution in [1.29, 1.82) is 0 Å². The van der Waals surface area contributed by atoms with Crippen molar-refractivity contribution < 1.29 is 9.52 Å². The van der Waals surface area contributed by atoms with Gasteiger partial charge in [0.2, 0.25) is 0 Å². The number of rotatable bonds is 2. The molecule has 3 heteroatoms. The summed E-state index contributed by atoms with van der Waals surface area (Å²) in [4.78, 5) is 2.57. The Balaban J connectivity index is 1.97. The van der Waals surface area contributed by atoms with Gasteiger partial charge in [-0.1, -0.05) is 25.1 Å². The van der Waals surface area contributed by atoms with Crippen LogP contribution in [-0.2, 0) is 12.0 Å². The molecular weight excluding hydrogens is 262 g/mol. The second kappa shape index (κ2) is 4.85. The summed E-state index contributed by atoms with van der Waals surface area (Å²) in [6.07, 6.45) is 4.34. The zero-order chi connectivity index (χ0) is 14.4. The summed E-state index contributed by atoms with van der Waals surface area (Å²) in [5, 5.41) is 11.2. The first-order valence-corrected chi connectivity index (χ1v) is 8.18. The fraction of sp³-hybridized carbons (Fsp3) is 0.556. The number of aliphatic hydroxyl groups is 1. The summed E-state index contributed by atoms with van der Waals surface area (Å²) in [7, 11) is 0. The highest BCUT2D eigenvalue weighted by Gasteiger charge is 2.51. The Morgan fingerprint density at radius 2 is 2.19 bits per heavy atom. The van der Waals surface area contributed by atoms with E-state index in [1.807, 2.05) is 6.07 Å². The largest absolute Gasteiger partial charge is 0.459 e. The molecule has 3 heterocycles. The van der Waals surface area contributed by atoms with Gasteiger partial charge < -0.3 is 9.52 Å². The third kappa shape index (κ3) is 1.68. The topological polar surface area (TPSA) is 36.6 Å². The van der Waals surface area contributed by atoms with Gasteiger partial charge >= 0.3 is 0 Å². The summed E-state index contributed by atoms with van der Waals surface area (Å²) in [5.74, 6) is 1.42. The predicted octanol–water partition coefficient (Wildman–Crippen LogP) is 3.30. The molecule has 21 heavy (non-hydrogen) atoms. The monoisotopic (exact) mass is 285 g/mol. The van der Waals surface area contributed by atoms with Crippen molar-refractivity contribution in [3.63, 3.8) is 0 Å². The van der Waals surface area contributed by atoms with Crippen LogP contribution in [0.5, 0.6) is 0 Å². The molecule has 1 unspecified atom stereocenters. The number of aliphatic hydroxyl groups excluding tert-OH is 1. The van der Waals surface area contributed by atoms with Crippen molar-refractivity contribution in [2.24, 2.45) is 5.92 Å². The molecule has 1 fully saturated rings. The van der Waals surface area contributed by atoms with E-state index < -0.39 is 0 Å². The molecule has 2 atom stereocenters. The number of furan rings is 1. The Hall–Kier alpha value is -1.32. The summed E-state index contributed by atoms with van der Waals surface area (Å²) < 4.78 is 6.33. The van der Waals surface area contributed by atoms with Crippen molar-refractivity contribution in [1.82, 2.24) is 4.90 Å². The van der Waals surface area contributed by atoms with E-state index in [0.29, 0.717) is 0 Å². The maximum Gasteiger partial charge on any atom is 0.134 e. The van der Waals surface area contributed by atoms with Crippen LogP contribution in [0.1, 0.15) is 37.5 Å². The molecule has 2 aliphatic heterocycles. The minimum Gasteiger partial charge on any atom is -0.459 e. The van der Waals surface area contributed by atoms with Gasteiger partial charge in [-0.3, -0.25) is 4.90 Å². The van der Waals surface area contributed by atoms with Crippen LogP contribution in [0.4, 0.5) is 0 Å². The molecule has 0 radical (unpaired) electrons. The van der Waals surface area contributed by atoms with Crippen LogP contribution in [0.25, 0.3) is 11.0 Å². The van der Waals surface area contributed by atoms with E-state index in [9.17, 15) is 5.11 Å². The lowest BCUT2D eigenvalue weighted by atomic mass is 9.70. The zero-order valence-electron chi connectivity index (χ0n) is 12.6. The third-order valence-electron chi connectivity index (χ3n) is 5.70. The highest BCUT2D eigenvalue weighted by atomic mass is 16.3. The van der Waals surface area contributed by atoms with Crippen LogP contribution >= 0.6 is 0 Å². The average Bonchev–Trinajstić information content (AvgIpc) is 2.93. The van der Waals surface area contributed by atoms with Gasteiger partial charge in [0.1, 0.15) is 11.3 Å². The molecule has 112 valence electrons. The molecule has 0 spiro atoms. The SMILES string of the molecule is CCC12c3oc4ccccc4c3CCN1CCC[C@@H]2CO. The smallest absolute Gasteiger partial charge is 0.134 e. The van der Waals surface area contributed by atoms with Gasteiger partial charge in [-0.2, -0.15) is 0 Å². The minimum absolute atomic E-state index is 0.0976. The Morgan fingerprint density at radius 3 is 3.00 bits per heavy atom. The first-order chi connectivity index (χ1) is 10.3. The summed E-state index contributed by atoms with van der Waals surface area (Å²) in [5.41, 5.74) is 2.28. The zero-order valence-corrected chi connectivity index (χ0v) is 12.6. The number of piperidine rings is 1. The summed E-state index contributed by atoms with van der Waals surface area (Å²) >= 11 is 0. The first kappa shape index (κ1) is 13.4. The van der Waals surface area contributed by atoms with Crippen LogP contribution in [-0.4, -0.2) is 29.7 Å². The lowest BCUT2D eigenvalue weighted by Gasteiger charge is -2.53. The van der Waals surface area contributed by atoms with E-state index in [1.54, 1.807) is 0 Å². The molecule has 0 bridgehead atoms. The van der Waals surface area contributed by atoms with Crippen molar-refractivity contribution in [3.8, 4) is 0 Å². The second-order valence-electron chi connectivity index (χ2n) is 6.44. The standard InChI is InChI=1S/C18H23NO2/c1-2-18-13(12-20)6-5-10-19(18)11-9-15-14-7-3-4-8-16(14)21-17(15)18/h3-4,7-8,13,20H,2,5-6,9-12H2,1H3/t13-,18?/m1/s1. The molecular formula is C18H23NO2. The van der Waals surface area contributed by atoms with Crippen LogP contribution in [0.2, 0.25) is 0 Å². The van der Waals surface area contributed by atoms with Gasteiger partial charge in [0.25, 0.3) is 0 Å². The van der Waals surface area contributed by atoms with Gasteiger partial charge in [-0.15, -0.1) is 0 Å². The lowest BCUT2D eigenvalue weighted by Crippen LogP contribution is -2.58. The van der Waals surface area contributed by atoms with Gasteiger partial charge in [0.05, 0.1) is 5.54 Å². The maximum absolute atomic E-state index is 9.96. The molecule has 4 rings (SSSR count). The van der Waals surface area contributed by atoms with Crippen molar-refractivity contribution >= 4 is 11.0 Å². The second-order valence-corrected chi connectivity index (χ2v) is 6.44. The Labute approximate surface area is 125 Å². The molecule has 1 saturated heterocycles. The van der Waals surface area contributed by atoms with Crippen LogP contribution in [0.15, 0.2) is 28.7 Å². The highest BCUT2D eigenvalue weighted by Crippen LogP contribution is 2.50. The summed E-state index contributed by atoms with van der Waals surface area (Å²) in [6, 6.07) is 8.37. The Morgan fingerprint density at radius 1 is 1.33 bits per heavy atom. The molecule has 1 N–H and O–H groups in total. The fourth-order valence-electron chi connectivity index (χ4n) is 4.72. The Bertz CT molecular complexity index is 662. The van der Waals surface area contributed by atoms with Crippen molar-refractivity contribution in [3.05, 3.63) is 35.6 Å². The van der Waals surface area contributed by atoms with Crippen LogP contribution in [0.3, 0.4) is 0 Å². The van der Waals surface area contributed by atoms with Gasteiger partial charge in [0, 0.05) is 30.0 Å². The van der Waals surface area contributed by atoms with Gasteiger partial charge in [0.15, 0.2) is 0 Å². The molecule has 2 aromatic rings. The normalized spacial score (nSPS) is 29.3. The number of fused-ring (bicyclic) bond motifs is 5. The number of hydrogen-bond acceptors (Lipinski definition) is 3. The molecule has 0 saturated carbocycles. The first-order valence-electron chi connectivity index (χ1n) is 8.18. The molecule has 1 aromatic carbocycles. The lowest BCUT2D eigenvalue weighted by molar-refractivity contribution is -0.0571. The van der Waals surface area contributed by atoms with E-state index >= 15 is 0 Å². The number of hydrogen-bond donors (Lipinski definition) is 1. The number of para-hydroxylation sites is 1. The third-order valence-corrected chi connectivity index (χ3v) is 5.70. The maximum atomic E-state index is 9.96. The highest BCUT2D eigenvalue weighted by molar-refractivity contribution is 5.83. The van der Waals surface area contributed by atoms with Crippen molar-refractivity contribution in [2.75, 3.05) is 19.7 Å². The fourth-order valence-corrected chi connectivity index (χ4v) is 4.72. The van der Waals surface area contributed by atoms with E-state index in [1.165, 1.54) is 17.4 Å².